The maximum atomic E-state index is 13.2. The van der Waals surface area contributed by atoms with E-state index in [2.05, 4.69) is 20.8 Å². The highest BCUT2D eigenvalue weighted by Crippen LogP contribution is 2.31. The van der Waals surface area contributed by atoms with Gasteiger partial charge in [-0.3, -0.25) is 9.52 Å². The first-order valence-corrected chi connectivity index (χ1v) is 15.1. The lowest BCUT2D eigenvalue weighted by Gasteiger charge is -2.33. The van der Waals surface area contributed by atoms with Crippen LogP contribution in [-0.4, -0.2) is 42.6 Å². The number of nitrogens with zero attached hydrogens (tertiary/aromatic N) is 3. The number of sulfonamides is 1. The highest BCUT2D eigenvalue weighted by molar-refractivity contribution is 7.92. The second kappa shape index (κ2) is 11.6. The van der Waals surface area contributed by atoms with Crippen molar-refractivity contribution in [3.05, 3.63) is 53.4 Å². The van der Waals surface area contributed by atoms with Crippen LogP contribution in [0.4, 0.5) is 10.9 Å². The van der Waals surface area contributed by atoms with Gasteiger partial charge in [0.15, 0.2) is 10.2 Å². The maximum absolute atomic E-state index is 13.2. The normalized spacial score (nSPS) is 17.6. The quantitative estimate of drug-likeness (QED) is 0.418. The monoisotopic (exact) mass is 542 g/mol. The summed E-state index contributed by atoms with van der Waals surface area (Å²) in [6.07, 6.45) is 6.07. The third-order valence-electron chi connectivity index (χ3n) is 6.81. The molecule has 1 aromatic carbocycles. The third-order valence-corrected chi connectivity index (χ3v) is 8.94. The lowest BCUT2D eigenvalue weighted by molar-refractivity contribution is -0.147. The molecular weight excluding hydrogens is 508 g/mol. The summed E-state index contributed by atoms with van der Waals surface area (Å²) in [5, 5.41) is 12.0. The summed E-state index contributed by atoms with van der Waals surface area (Å²) < 4.78 is 29.1. The fraction of sp³-hybridized carbons (Fsp3) is 0.444. The van der Waals surface area contributed by atoms with E-state index in [0.29, 0.717) is 18.8 Å². The number of carboxylic acids is 1. The van der Waals surface area contributed by atoms with E-state index in [1.54, 1.807) is 19.1 Å². The fourth-order valence-corrected chi connectivity index (χ4v) is 6.73. The molecule has 0 radical (unpaired) electrons. The Morgan fingerprint density at radius 2 is 1.89 bits per heavy atom. The standard InChI is InChI=1S/C27H34N4O4S2/c1-3-16-27(2,25(32)33)19-31-17-9-5-4-6-11-20-12-7-8-13-21(20)22-18-36-26(28-22)30-37(34,35)24-15-10-14-23(31)29-24/h7-8,10,12-15,18H,3-6,9,11,16-17,19H2,1-2H3,(H,28,30)(H,32,33)/t27-/m1/s1. The summed E-state index contributed by atoms with van der Waals surface area (Å²) in [6, 6.07) is 13.0. The third kappa shape index (κ3) is 6.48. The molecule has 1 aliphatic heterocycles. The lowest BCUT2D eigenvalue weighted by Crippen LogP contribution is -2.42. The highest BCUT2D eigenvalue weighted by atomic mass is 32.2. The number of aryl methyl sites for hydroxylation is 1. The van der Waals surface area contributed by atoms with Gasteiger partial charge >= 0.3 is 5.97 Å². The molecule has 0 fully saturated rings. The molecule has 0 saturated carbocycles. The molecule has 198 valence electrons. The first-order chi connectivity index (χ1) is 17.7. The molecular formula is C27H34N4O4S2. The Morgan fingerprint density at radius 3 is 2.68 bits per heavy atom. The smallest absolute Gasteiger partial charge is 0.311 e. The minimum absolute atomic E-state index is 0.121. The molecule has 4 bridgehead atoms. The fourth-order valence-electron chi connectivity index (χ4n) is 4.80. The van der Waals surface area contributed by atoms with Gasteiger partial charge in [-0.15, -0.1) is 11.3 Å². The summed E-state index contributed by atoms with van der Waals surface area (Å²) in [7, 11) is -3.99. The topological polar surface area (TPSA) is 112 Å². The number of carbonyl (C=O) groups is 1. The van der Waals surface area contributed by atoms with E-state index in [4.69, 9.17) is 0 Å². The predicted molar refractivity (Wildman–Crippen MR) is 148 cm³/mol. The SMILES string of the molecule is CCC[C@](C)(CN1CCCCCCc2ccccc2-c2csc(n2)NS(=O)(=O)c2cccc1n2)C(=O)O. The Bertz CT molecular complexity index is 1340. The van der Waals surface area contributed by atoms with Gasteiger partial charge in [-0.1, -0.05) is 56.5 Å². The van der Waals surface area contributed by atoms with E-state index in [0.717, 1.165) is 49.8 Å². The minimum atomic E-state index is -3.99. The number of hydrogen-bond donors (Lipinski definition) is 2. The largest absolute Gasteiger partial charge is 0.481 e. The molecule has 2 N–H and O–H groups in total. The second-order valence-corrected chi connectivity index (χ2v) is 12.3. The van der Waals surface area contributed by atoms with E-state index in [9.17, 15) is 18.3 Å². The van der Waals surface area contributed by atoms with Crippen molar-refractivity contribution in [2.45, 2.75) is 63.8 Å². The number of thiazole rings is 1. The number of aliphatic carboxylic acids is 1. The molecule has 0 unspecified atom stereocenters. The number of rotatable bonds is 5. The molecule has 2 aromatic heterocycles. The van der Waals surface area contributed by atoms with Gasteiger partial charge in [-0.2, -0.15) is 8.42 Å². The van der Waals surface area contributed by atoms with E-state index in [1.165, 1.54) is 23.0 Å². The van der Waals surface area contributed by atoms with Crippen LogP contribution < -0.4 is 9.62 Å². The van der Waals surface area contributed by atoms with Crippen molar-refractivity contribution < 1.29 is 18.3 Å². The molecule has 0 saturated heterocycles. The molecule has 0 spiro atoms. The first-order valence-electron chi connectivity index (χ1n) is 12.7. The summed E-state index contributed by atoms with van der Waals surface area (Å²) in [6.45, 7) is 4.57. The number of carboxylic acid groups (broad SMARTS) is 1. The van der Waals surface area contributed by atoms with Crippen LogP contribution in [0.2, 0.25) is 0 Å². The van der Waals surface area contributed by atoms with Crippen LogP contribution in [0.25, 0.3) is 11.3 Å². The van der Waals surface area contributed by atoms with Crippen molar-refractivity contribution in [1.29, 1.82) is 0 Å². The minimum Gasteiger partial charge on any atom is -0.481 e. The number of pyridine rings is 1. The number of fused-ring (bicyclic) bond motifs is 6. The van der Waals surface area contributed by atoms with Crippen molar-refractivity contribution >= 4 is 38.3 Å². The molecule has 0 aliphatic carbocycles. The molecule has 10 heteroatoms. The van der Waals surface area contributed by atoms with Gasteiger partial charge in [0.05, 0.1) is 11.1 Å². The zero-order chi connectivity index (χ0) is 26.5. The Morgan fingerprint density at radius 1 is 1.11 bits per heavy atom. The molecule has 4 rings (SSSR count). The number of anilines is 2. The first kappa shape index (κ1) is 27.1. The lowest BCUT2D eigenvalue weighted by atomic mass is 9.85. The van der Waals surface area contributed by atoms with Crippen LogP contribution in [0, 0.1) is 5.41 Å². The summed E-state index contributed by atoms with van der Waals surface area (Å²) in [5.41, 5.74) is 1.99. The number of nitrogens with one attached hydrogen (secondary N) is 1. The molecule has 3 aromatic rings. The van der Waals surface area contributed by atoms with E-state index in [1.807, 2.05) is 35.4 Å². The summed E-state index contributed by atoms with van der Waals surface area (Å²) in [5.74, 6) is -0.399. The average molecular weight is 543 g/mol. The second-order valence-electron chi connectivity index (χ2n) is 9.84. The number of hydrogen-bond acceptors (Lipinski definition) is 7. The molecule has 0 amide bonds. The van der Waals surface area contributed by atoms with Crippen molar-refractivity contribution in [2.24, 2.45) is 5.41 Å². The average Bonchev–Trinajstić information content (AvgIpc) is 3.33. The van der Waals surface area contributed by atoms with Crippen LogP contribution in [-0.2, 0) is 21.2 Å². The summed E-state index contributed by atoms with van der Waals surface area (Å²) >= 11 is 1.24. The van der Waals surface area contributed by atoms with Crippen molar-refractivity contribution in [3.8, 4) is 11.3 Å². The zero-order valence-electron chi connectivity index (χ0n) is 21.3. The predicted octanol–water partition coefficient (Wildman–Crippen LogP) is 5.82. The number of aromatic nitrogens is 2. The molecule has 1 atom stereocenters. The van der Waals surface area contributed by atoms with Gasteiger partial charge in [0.1, 0.15) is 5.82 Å². The van der Waals surface area contributed by atoms with Gasteiger partial charge in [0, 0.05) is 24.0 Å². The summed E-state index contributed by atoms with van der Waals surface area (Å²) in [4.78, 5) is 23.1. The molecule has 1 aliphatic rings. The molecule has 3 heterocycles. The van der Waals surface area contributed by atoms with Crippen molar-refractivity contribution in [2.75, 3.05) is 22.7 Å². The van der Waals surface area contributed by atoms with Gasteiger partial charge < -0.3 is 10.0 Å². The van der Waals surface area contributed by atoms with Crippen LogP contribution >= 0.6 is 11.3 Å². The van der Waals surface area contributed by atoms with E-state index < -0.39 is 21.4 Å². The van der Waals surface area contributed by atoms with Gasteiger partial charge in [-0.25, -0.2) is 9.97 Å². The number of benzene rings is 1. The Labute approximate surface area is 222 Å². The van der Waals surface area contributed by atoms with E-state index >= 15 is 0 Å². The Balaban J connectivity index is 1.70. The van der Waals surface area contributed by atoms with Crippen molar-refractivity contribution in [3.63, 3.8) is 0 Å². The van der Waals surface area contributed by atoms with Crippen LogP contribution in [0.3, 0.4) is 0 Å². The molecule has 37 heavy (non-hydrogen) atoms. The highest BCUT2D eigenvalue weighted by Gasteiger charge is 2.35. The maximum Gasteiger partial charge on any atom is 0.311 e. The van der Waals surface area contributed by atoms with Crippen LogP contribution in [0.1, 0.15) is 57.9 Å². The van der Waals surface area contributed by atoms with E-state index in [-0.39, 0.29) is 16.7 Å². The Hall–Kier alpha value is -2.98. The van der Waals surface area contributed by atoms with Gasteiger partial charge in [-0.05, 0) is 50.3 Å². The van der Waals surface area contributed by atoms with Crippen LogP contribution in [0.5, 0.6) is 0 Å². The zero-order valence-corrected chi connectivity index (χ0v) is 22.9. The van der Waals surface area contributed by atoms with Gasteiger partial charge in [0.25, 0.3) is 10.0 Å². The molecule has 8 nitrogen and oxygen atoms in total. The Kier molecular flexibility index (Phi) is 8.49. The van der Waals surface area contributed by atoms with Crippen LogP contribution in [0.15, 0.2) is 52.9 Å². The van der Waals surface area contributed by atoms with Crippen molar-refractivity contribution in [1.82, 2.24) is 9.97 Å². The van der Waals surface area contributed by atoms with Gasteiger partial charge in [0.2, 0.25) is 0 Å².